The van der Waals surface area contributed by atoms with Crippen LogP contribution in [-0.2, 0) is 4.74 Å². The van der Waals surface area contributed by atoms with Crippen LogP contribution in [0.4, 0.5) is 4.39 Å². The largest absolute Gasteiger partial charge is 0.378 e. The van der Waals surface area contributed by atoms with Gasteiger partial charge in [0.25, 0.3) is 5.91 Å². The second kappa shape index (κ2) is 7.21. The van der Waals surface area contributed by atoms with Crippen molar-refractivity contribution in [2.75, 3.05) is 19.7 Å². The molecule has 112 valence electrons. The summed E-state index contributed by atoms with van der Waals surface area (Å²) in [6.45, 7) is 3.41. The summed E-state index contributed by atoms with van der Waals surface area (Å²) < 4.78 is 18.8. The van der Waals surface area contributed by atoms with Gasteiger partial charge in [-0.3, -0.25) is 4.79 Å². The van der Waals surface area contributed by atoms with Gasteiger partial charge < -0.3 is 15.8 Å². The molecule has 1 aromatic rings. The van der Waals surface area contributed by atoms with Crippen LogP contribution in [0.5, 0.6) is 0 Å². The predicted molar refractivity (Wildman–Crippen MR) is 78.2 cm³/mol. The molecule has 1 heterocycles. The normalized spacial score (nSPS) is 20.7. The Morgan fingerprint density at radius 2 is 2.38 bits per heavy atom. The molecule has 5 heteroatoms. The molecule has 2 atom stereocenters. The van der Waals surface area contributed by atoms with Crippen molar-refractivity contribution in [3.05, 3.63) is 35.1 Å². The summed E-state index contributed by atoms with van der Waals surface area (Å²) >= 11 is 0. The van der Waals surface area contributed by atoms with Crippen LogP contribution < -0.4 is 11.1 Å². The highest BCUT2D eigenvalue weighted by Gasteiger charge is 2.24. The van der Waals surface area contributed by atoms with Crippen LogP contribution in [0, 0.1) is 23.6 Å². The van der Waals surface area contributed by atoms with Gasteiger partial charge in [-0.05, 0) is 31.5 Å². The van der Waals surface area contributed by atoms with Crippen molar-refractivity contribution in [2.24, 2.45) is 11.7 Å². The number of carbonyl (C=O) groups excluding carboxylic acids is 1. The number of amides is 1. The third-order valence-corrected chi connectivity index (χ3v) is 3.61. The molecule has 3 N–H and O–H groups in total. The van der Waals surface area contributed by atoms with E-state index in [2.05, 4.69) is 17.2 Å². The number of carbonyl (C=O) groups is 1. The quantitative estimate of drug-likeness (QED) is 0.825. The predicted octanol–water partition coefficient (Wildman–Crippen LogP) is 1.29. The van der Waals surface area contributed by atoms with E-state index in [1.807, 2.05) is 6.92 Å². The smallest absolute Gasteiger partial charge is 0.252 e. The molecule has 1 saturated heterocycles. The van der Waals surface area contributed by atoms with Crippen molar-refractivity contribution in [2.45, 2.75) is 19.4 Å². The Morgan fingerprint density at radius 1 is 1.57 bits per heavy atom. The molecule has 0 spiro atoms. The molecule has 1 aromatic carbocycles. The second-order valence-electron chi connectivity index (χ2n) is 5.03. The Labute approximate surface area is 123 Å². The molecule has 0 saturated carbocycles. The molecular weight excluding hydrogens is 271 g/mol. The number of ether oxygens (including phenoxy) is 1. The van der Waals surface area contributed by atoms with E-state index in [0.717, 1.165) is 13.0 Å². The molecule has 1 aliphatic heterocycles. The van der Waals surface area contributed by atoms with Gasteiger partial charge in [-0.2, -0.15) is 0 Å². The first-order chi connectivity index (χ1) is 10.1. The highest BCUT2D eigenvalue weighted by Crippen LogP contribution is 2.19. The summed E-state index contributed by atoms with van der Waals surface area (Å²) in [6.07, 6.45) is 1.05. The van der Waals surface area contributed by atoms with Crippen LogP contribution >= 0.6 is 0 Å². The van der Waals surface area contributed by atoms with E-state index in [4.69, 9.17) is 10.5 Å². The van der Waals surface area contributed by atoms with E-state index in [-0.39, 0.29) is 24.1 Å². The van der Waals surface area contributed by atoms with E-state index in [1.54, 1.807) is 0 Å². The van der Waals surface area contributed by atoms with Gasteiger partial charge in [-0.25, -0.2) is 4.39 Å². The molecule has 0 bridgehead atoms. The van der Waals surface area contributed by atoms with E-state index in [9.17, 15) is 9.18 Å². The van der Waals surface area contributed by atoms with Gasteiger partial charge in [-0.15, -0.1) is 0 Å². The number of nitrogens with two attached hydrogens (primary N) is 1. The fourth-order valence-electron chi connectivity index (χ4n) is 2.32. The van der Waals surface area contributed by atoms with E-state index < -0.39 is 5.82 Å². The van der Waals surface area contributed by atoms with Crippen LogP contribution in [0.3, 0.4) is 0 Å². The first-order valence-electron chi connectivity index (χ1n) is 7.00. The lowest BCUT2D eigenvalue weighted by Gasteiger charge is -2.15. The topological polar surface area (TPSA) is 64.3 Å². The number of rotatable bonds is 3. The number of benzene rings is 1. The summed E-state index contributed by atoms with van der Waals surface area (Å²) in [5.41, 5.74) is 6.05. The summed E-state index contributed by atoms with van der Waals surface area (Å²) in [7, 11) is 0. The maximum atomic E-state index is 13.4. The van der Waals surface area contributed by atoms with Crippen LogP contribution in [0.25, 0.3) is 0 Å². The number of nitrogens with one attached hydrogen (secondary N) is 1. The second-order valence-corrected chi connectivity index (χ2v) is 5.03. The van der Waals surface area contributed by atoms with Crippen LogP contribution in [0.1, 0.15) is 29.3 Å². The zero-order valence-corrected chi connectivity index (χ0v) is 12.0. The Balaban J connectivity index is 2.08. The minimum atomic E-state index is -0.462. The van der Waals surface area contributed by atoms with Crippen LogP contribution in [0.2, 0.25) is 0 Å². The van der Waals surface area contributed by atoms with Crippen molar-refractivity contribution in [3.8, 4) is 11.8 Å². The molecule has 2 unspecified atom stereocenters. The summed E-state index contributed by atoms with van der Waals surface area (Å²) in [4.78, 5) is 12.2. The number of halogens is 1. The molecule has 21 heavy (non-hydrogen) atoms. The summed E-state index contributed by atoms with van der Waals surface area (Å²) in [6, 6.07) is 3.98. The van der Waals surface area contributed by atoms with Gasteiger partial charge in [0.05, 0.1) is 18.2 Å². The molecular formula is C16H19FN2O2. The average Bonchev–Trinajstić information content (AvgIpc) is 2.88. The highest BCUT2D eigenvalue weighted by molar-refractivity contribution is 5.96. The Bertz CT molecular complexity index is 577. The molecule has 4 nitrogen and oxygen atoms in total. The van der Waals surface area contributed by atoms with E-state index >= 15 is 0 Å². The van der Waals surface area contributed by atoms with Crippen molar-refractivity contribution in [3.63, 3.8) is 0 Å². The zero-order chi connectivity index (χ0) is 15.2. The lowest BCUT2D eigenvalue weighted by Crippen LogP contribution is -2.32. The molecule has 0 radical (unpaired) electrons. The maximum absolute atomic E-state index is 13.4. The van der Waals surface area contributed by atoms with Crippen LogP contribution in [-0.4, -0.2) is 31.7 Å². The first-order valence-corrected chi connectivity index (χ1v) is 7.00. The van der Waals surface area contributed by atoms with Gasteiger partial charge in [0.15, 0.2) is 0 Å². The first kappa shape index (κ1) is 15.5. The monoisotopic (exact) mass is 290 g/mol. The molecule has 0 aliphatic carbocycles. The van der Waals surface area contributed by atoms with Gasteiger partial charge in [0.1, 0.15) is 5.82 Å². The third-order valence-electron chi connectivity index (χ3n) is 3.61. The third kappa shape index (κ3) is 4.03. The standard InChI is InChI=1S/C16H19FN2O2/c1-11-13(6-8-21-11)10-19-16(20)15-9-14(17)5-4-12(15)3-2-7-18/h4-5,9,11,13H,6-8,10,18H2,1H3,(H,19,20). The van der Waals surface area contributed by atoms with Crippen molar-refractivity contribution >= 4 is 5.91 Å². The van der Waals surface area contributed by atoms with E-state index in [1.165, 1.54) is 18.2 Å². The fourth-order valence-corrected chi connectivity index (χ4v) is 2.32. The van der Waals surface area contributed by atoms with Crippen molar-refractivity contribution in [1.29, 1.82) is 0 Å². The van der Waals surface area contributed by atoms with Crippen LogP contribution in [0.15, 0.2) is 18.2 Å². The highest BCUT2D eigenvalue weighted by atomic mass is 19.1. The minimum absolute atomic E-state index is 0.134. The summed E-state index contributed by atoms with van der Waals surface area (Å²) in [5, 5.41) is 2.83. The Hall–Kier alpha value is -1.90. The Morgan fingerprint density at radius 3 is 3.05 bits per heavy atom. The fraction of sp³-hybridized carbons (Fsp3) is 0.438. The molecule has 2 rings (SSSR count). The van der Waals surface area contributed by atoms with Gasteiger partial charge in [0.2, 0.25) is 0 Å². The van der Waals surface area contributed by atoms with Gasteiger partial charge in [-0.1, -0.05) is 11.8 Å². The number of hydrogen-bond acceptors (Lipinski definition) is 3. The van der Waals surface area contributed by atoms with Crippen molar-refractivity contribution < 1.29 is 13.9 Å². The van der Waals surface area contributed by atoms with Gasteiger partial charge in [0, 0.05) is 24.6 Å². The lowest BCUT2D eigenvalue weighted by atomic mass is 10.0. The lowest BCUT2D eigenvalue weighted by molar-refractivity contribution is 0.0907. The molecule has 1 fully saturated rings. The minimum Gasteiger partial charge on any atom is -0.378 e. The zero-order valence-electron chi connectivity index (χ0n) is 12.0. The average molecular weight is 290 g/mol. The SMILES string of the molecule is CC1OCCC1CNC(=O)c1cc(F)ccc1C#CCN. The van der Waals surface area contributed by atoms with Crippen molar-refractivity contribution in [1.82, 2.24) is 5.32 Å². The molecule has 0 aromatic heterocycles. The summed E-state index contributed by atoms with van der Waals surface area (Å²) in [5.74, 6) is 4.98. The maximum Gasteiger partial charge on any atom is 0.252 e. The molecule has 1 amide bonds. The van der Waals surface area contributed by atoms with E-state index in [0.29, 0.717) is 18.0 Å². The van der Waals surface area contributed by atoms with Gasteiger partial charge >= 0.3 is 0 Å². The Kier molecular flexibility index (Phi) is 5.32. The molecule has 1 aliphatic rings. The number of hydrogen-bond donors (Lipinski definition) is 2.